The molecule has 3 heteroatoms. The SMILES string of the molecule is CCC1C(c2ccc(-c3ccccc3)cc2)=NC(c2cc3oc4c(-c5ccccc5)cccc4c3c3ccccc23)=NC1c1ccc2ccccc2c1. The first-order chi connectivity index (χ1) is 26.2. The Bertz CT molecular complexity index is 2870. The van der Waals surface area contributed by atoms with Crippen LogP contribution in [0.1, 0.15) is 36.1 Å². The molecule has 53 heavy (non-hydrogen) atoms. The van der Waals surface area contributed by atoms with E-state index in [0.717, 1.165) is 72.9 Å². The summed E-state index contributed by atoms with van der Waals surface area (Å²) >= 11 is 0. The maximum atomic E-state index is 6.84. The number of hydrogen-bond acceptors (Lipinski definition) is 3. The highest BCUT2D eigenvalue weighted by atomic mass is 16.3. The molecule has 2 heterocycles. The third kappa shape index (κ3) is 5.36. The highest BCUT2D eigenvalue weighted by molar-refractivity contribution is 6.27. The molecule has 0 radical (unpaired) electrons. The van der Waals surface area contributed by atoms with E-state index in [1.165, 1.54) is 27.5 Å². The molecule has 3 nitrogen and oxygen atoms in total. The van der Waals surface area contributed by atoms with Crippen molar-refractivity contribution in [3.05, 3.63) is 193 Å². The van der Waals surface area contributed by atoms with E-state index in [9.17, 15) is 0 Å². The summed E-state index contributed by atoms with van der Waals surface area (Å²) < 4.78 is 6.84. The van der Waals surface area contributed by atoms with Gasteiger partial charge in [-0.2, -0.15) is 0 Å². The average molecular weight is 681 g/mol. The van der Waals surface area contributed by atoms with Crippen molar-refractivity contribution in [2.45, 2.75) is 19.4 Å². The Balaban J connectivity index is 1.20. The van der Waals surface area contributed by atoms with Gasteiger partial charge in [0.05, 0.1) is 11.8 Å². The van der Waals surface area contributed by atoms with E-state index >= 15 is 0 Å². The van der Waals surface area contributed by atoms with Crippen molar-refractivity contribution in [3.63, 3.8) is 0 Å². The zero-order valence-electron chi connectivity index (χ0n) is 29.4. The van der Waals surface area contributed by atoms with Crippen molar-refractivity contribution in [1.82, 2.24) is 0 Å². The number of hydrogen-bond donors (Lipinski definition) is 0. The highest BCUT2D eigenvalue weighted by Crippen LogP contribution is 2.43. The fraction of sp³-hybridized carbons (Fsp3) is 0.0800. The molecule has 2 atom stereocenters. The van der Waals surface area contributed by atoms with Crippen LogP contribution in [0, 0.1) is 5.92 Å². The maximum absolute atomic E-state index is 6.84. The Morgan fingerprint density at radius 1 is 0.509 bits per heavy atom. The molecule has 9 aromatic rings. The summed E-state index contributed by atoms with van der Waals surface area (Å²) in [5.74, 6) is 0.828. The van der Waals surface area contributed by atoms with Gasteiger partial charge in [-0.3, -0.25) is 4.99 Å². The summed E-state index contributed by atoms with van der Waals surface area (Å²) in [4.78, 5) is 11.1. The molecule has 0 bridgehead atoms. The summed E-state index contributed by atoms with van der Waals surface area (Å²) in [6.45, 7) is 2.26. The second-order valence-corrected chi connectivity index (χ2v) is 14.0. The van der Waals surface area contributed by atoms with Gasteiger partial charge in [-0.1, -0.05) is 171 Å². The Morgan fingerprint density at radius 2 is 1.15 bits per heavy atom. The summed E-state index contributed by atoms with van der Waals surface area (Å²) in [5, 5.41) is 6.92. The summed E-state index contributed by atoms with van der Waals surface area (Å²) in [7, 11) is 0. The monoisotopic (exact) mass is 680 g/mol. The highest BCUT2D eigenvalue weighted by Gasteiger charge is 2.33. The predicted octanol–water partition coefficient (Wildman–Crippen LogP) is 13.2. The number of benzene rings is 8. The molecule has 10 rings (SSSR count). The molecule has 1 aliphatic rings. The molecule has 0 N–H and O–H groups in total. The molecular formula is C50H36N2O. The molecule has 0 amide bonds. The quantitative estimate of drug-likeness (QED) is 0.172. The molecule has 1 aliphatic heterocycles. The van der Waals surface area contributed by atoms with Crippen molar-refractivity contribution in [2.24, 2.45) is 15.9 Å². The zero-order valence-corrected chi connectivity index (χ0v) is 29.4. The minimum Gasteiger partial charge on any atom is -0.455 e. The smallest absolute Gasteiger partial charge is 0.156 e. The van der Waals surface area contributed by atoms with Gasteiger partial charge >= 0.3 is 0 Å². The van der Waals surface area contributed by atoms with Crippen LogP contribution in [0.25, 0.3) is 65.7 Å². The Labute approximate surface area is 308 Å². The molecular weight excluding hydrogens is 645 g/mol. The number of fused-ring (bicyclic) bond motifs is 6. The predicted molar refractivity (Wildman–Crippen MR) is 222 cm³/mol. The van der Waals surface area contributed by atoms with Gasteiger partial charge in [-0.15, -0.1) is 0 Å². The first-order valence-corrected chi connectivity index (χ1v) is 18.5. The van der Waals surface area contributed by atoms with Crippen LogP contribution in [0.2, 0.25) is 0 Å². The van der Waals surface area contributed by atoms with Crippen LogP contribution in [0.5, 0.6) is 0 Å². The van der Waals surface area contributed by atoms with Gasteiger partial charge in [0, 0.05) is 27.8 Å². The van der Waals surface area contributed by atoms with Crippen molar-refractivity contribution in [1.29, 1.82) is 0 Å². The number of para-hydroxylation sites is 1. The number of nitrogens with zero attached hydrogens (tertiary/aromatic N) is 2. The van der Waals surface area contributed by atoms with E-state index in [4.69, 9.17) is 14.4 Å². The van der Waals surface area contributed by atoms with E-state index in [1.807, 2.05) is 6.07 Å². The van der Waals surface area contributed by atoms with Gasteiger partial charge in [0.2, 0.25) is 0 Å². The molecule has 2 unspecified atom stereocenters. The molecule has 0 fully saturated rings. The number of rotatable bonds is 6. The molecule has 252 valence electrons. The van der Waals surface area contributed by atoms with Crippen LogP contribution in [0.3, 0.4) is 0 Å². The molecule has 0 spiro atoms. The molecule has 0 saturated heterocycles. The largest absolute Gasteiger partial charge is 0.455 e. The normalized spacial score (nSPS) is 15.9. The first kappa shape index (κ1) is 31.2. The standard InChI is InChI=1S/C50H36N2O/c1-2-39-47(36-27-24-34(25-28-36)32-14-5-3-6-15-32)51-50(52-48(39)38-29-26-33-16-9-10-19-37(33)30-38)44-31-45-46(42-21-12-11-20-41(42)44)43-23-13-22-40(49(43)53-45)35-17-7-4-8-18-35/h3-31,39,48H,2H2,1H3. The van der Waals surface area contributed by atoms with Crippen LogP contribution < -0.4 is 0 Å². The van der Waals surface area contributed by atoms with Crippen LogP contribution in [0.4, 0.5) is 0 Å². The second kappa shape index (κ2) is 12.9. The molecule has 0 aliphatic carbocycles. The van der Waals surface area contributed by atoms with Gasteiger partial charge in [0.25, 0.3) is 0 Å². The van der Waals surface area contributed by atoms with Crippen LogP contribution in [-0.4, -0.2) is 11.5 Å². The lowest BCUT2D eigenvalue weighted by Gasteiger charge is -2.30. The van der Waals surface area contributed by atoms with E-state index < -0.39 is 0 Å². The second-order valence-electron chi connectivity index (χ2n) is 14.0. The van der Waals surface area contributed by atoms with Crippen molar-refractivity contribution >= 4 is 55.0 Å². The molecule has 1 aromatic heterocycles. The maximum Gasteiger partial charge on any atom is 0.156 e. The fourth-order valence-corrected chi connectivity index (χ4v) is 8.28. The van der Waals surface area contributed by atoms with E-state index in [-0.39, 0.29) is 12.0 Å². The van der Waals surface area contributed by atoms with Gasteiger partial charge in [0.1, 0.15) is 11.2 Å². The van der Waals surface area contributed by atoms with E-state index in [0.29, 0.717) is 0 Å². The summed E-state index contributed by atoms with van der Waals surface area (Å²) in [6, 6.07) is 62.4. The van der Waals surface area contributed by atoms with Crippen molar-refractivity contribution < 1.29 is 4.42 Å². The van der Waals surface area contributed by atoms with Gasteiger partial charge in [-0.05, 0) is 67.9 Å². The lowest BCUT2D eigenvalue weighted by atomic mass is 9.82. The molecule has 8 aromatic carbocycles. The fourth-order valence-electron chi connectivity index (χ4n) is 8.28. The van der Waals surface area contributed by atoms with Crippen LogP contribution in [-0.2, 0) is 0 Å². The van der Waals surface area contributed by atoms with Gasteiger partial charge < -0.3 is 4.42 Å². The Morgan fingerprint density at radius 3 is 1.92 bits per heavy atom. The lowest BCUT2D eigenvalue weighted by Crippen LogP contribution is -2.28. The minimum atomic E-state index is -0.115. The number of amidine groups is 1. The van der Waals surface area contributed by atoms with Gasteiger partial charge in [-0.25, -0.2) is 4.99 Å². The van der Waals surface area contributed by atoms with E-state index in [1.54, 1.807) is 0 Å². The van der Waals surface area contributed by atoms with E-state index in [2.05, 4.69) is 177 Å². The third-order valence-corrected chi connectivity index (χ3v) is 10.9. The minimum absolute atomic E-state index is 0.0946. The van der Waals surface area contributed by atoms with Gasteiger partial charge in [0.15, 0.2) is 5.84 Å². The average Bonchev–Trinajstić information content (AvgIpc) is 3.62. The number of furan rings is 1. The Kier molecular flexibility index (Phi) is 7.58. The van der Waals surface area contributed by atoms with Crippen LogP contribution >= 0.6 is 0 Å². The Hall–Kier alpha value is -6.58. The number of aliphatic imine (C=N–C) groups is 2. The topological polar surface area (TPSA) is 37.9 Å². The summed E-state index contributed by atoms with van der Waals surface area (Å²) in [5.41, 5.74) is 10.7. The first-order valence-electron chi connectivity index (χ1n) is 18.5. The molecule has 0 saturated carbocycles. The summed E-state index contributed by atoms with van der Waals surface area (Å²) in [6.07, 6.45) is 0.902. The van der Waals surface area contributed by atoms with Crippen LogP contribution in [0.15, 0.2) is 190 Å². The van der Waals surface area contributed by atoms with Crippen molar-refractivity contribution in [3.8, 4) is 22.3 Å². The zero-order chi connectivity index (χ0) is 35.3. The van der Waals surface area contributed by atoms with Crippen molar-refractivity contribution in [2.75, 3.05) is 0 Å². The lowest BCUT2D eigenvalue weighted by molar-refractivity contribution is 0.533. The third-order valence-electron chi connectivity index (χ3n) is 10.9.